The molecule has 0 aliphatic heterocycles. The number of aryl methyl sites for hydroxylation is 1. The first-order valence-electron chi connectivity index (χ1n) is 6.16. The summed E-state index contributed by atoms with van der Waals surface area (Å²) >= 11 is 5.05. The van der Waals surface area contributed by atoms with E-state index in [1.807, 2.05) is 25.1 Å². The van der Waals surface area contributed by atoms with E-state index in [4.69, 9.17) is 22.7 Å². The molecule has 1 heterocycles. The number of esters is 1. The molecule has 0 amide bonds. The molecular weight excluding hydrogens is 274 g/mol. The average Bonchev–Trinajstić information content (AvgIpc) is 2.88. The normalized spacial score (nSPS) is 10.3. The summed E-state index contributed by atoms with van der Waals surface area (Å²) in [6.07, 6.45) is 3.08. The van der Waals surface area contributed by atoms with E-state index in [-0.39, 0.29) is 4.99 Å². The predicted molar refractivity (Wildman–Crippen MR) is 80.1 cm³/mol. The van der Waals surface area contributed by atoms with E-state index in [1.165, 1.54) is 6.20 Å². The Hall–Kier alpha value is -2.21. The summed E-state index contributed by atoms with van der Waals surface area (Å²) in [5.41, 5.74) is 8.59. The summed E-state index contributed by atoms with van der Waals surface area (Å²) in [5.74, 6) is -0.399. The summed E-state index contributed by atoms with van der Waals surface area (Å²) in [5, 5.41) is 4.19. The number of hydrogen-bond acceptors (Lipinski definition) is 4. The van der Waals surface area contributed by atoms with Gasteiger partial charge in [0, 0.05) is 11.8 Å². The van der Waals surface area contributed by atoms with Crippen LogP contribution in [0.3, 0.4) is 0 Å². The van der Waals surface area contributed by atoms with Crippen molar-refractivity contribution in [2.45, 2.75) is 13.8 Å². The third-order valence-corrected chi connectivity index (χ3v) is 3.05. The Morgan fingerprint density at radius 1 is 1.50 bits per heavy atom. The Balaban J connectivity index is 2.47. The van der Waals surface area contributed by atoms with Crippen molar-refractivity contribution >= 4 is 23.2 Å². The average molecular weight is 289 g/mol. The van der Waals surface area contributed by atoms with E-state index in [0.29, 0.717) is 12.2 Å². The van der Waals surface area contributed by atoms with Gasteiger partial charge < -0.3 is 10.5 Å². The Labute approximate surface area is 122 Å². The third kappa shape index (κ3) is 2.70. The molecule has 0 saturated carbocycles. The summed E-state index contributed by atoms with van der Waals surface area (Å²) in [7, 11) is 0. The molecule has 0 bridgehead atoms. The van der Waals surface area contributed by atoms with Crippen LogP contribution in [0.15, 0.2) is 30.6 Å². The van der Waals surface area contributed by atoms with Crippen LogP contribution in [0.2, 0.25) is 0 Å². The minimum Gasteiger partial charge on any atom is -0.462 e. The van der Waals surface area contributed by atoms with Gasteiger partial charge in [0.05, 0.1) is 24.1 Å². The van der Waals surface area contributed by atoms with E-state index >= 15 is 0 Å². The molecule has 2 rings (SSSR count). The van der Waals surface area contributed by atoms with Crippen molar-refractivity contribution in [1.29, 1.82) is 0 Å². The Kier molecular flexibility index (Phi) is 4.14. The second-order valence-electron chi connectivity index (χ2n) is 4.23. The van der Waals surface area contributed by atoms with Crippen LogP contribution in [0, 0.1) is 6.92 Å². The lowest BCUT2D eigenvalue weighted by Crippen LogP contribution is -2.14. The maximum absolute atomic E-state index is 11.7. The van der Waals surface area contributed by atoms with Gasteiger partial charge in [0.2, 0.25) is 0 Å². The molecule has 1 aromatic heterocycles. The fraction of sp³-hybridized carbons (Fsp3) is 0.214. The highest BCUT2D eigenvalue weighted by Crippen LogP contribution is 2.19. The van der Waals surface area contributed by atoms with Crippen molar-refractivity contribution in [2.75, 3.05) is 6.61 Å². The molecule has 104 valence electrons. The van der Waals surface area contributed by atoms with Gasteiger partial charge in [-0.25, -0.2) is 9.48 Å². The molecule has 1 aromatic carbocycles. The summed E-state index contributed by atoms with van der Waals surface area (Å²) in [6, 6.07) is 5.64. The molecule has 0 fully saturated rings. The second kappa shape index (κ2) is 5.83. The number of ether oxygens (including phenoxy) is 1. The number of nitrogens with zero attached hydrogens (tertiary/aromatic N) is 2. The van der Waals surface area contributed by atoms with Crippen LogP contribution in [0.1, 0.15) is 28.4 Å². The summed E-state index contributed by atoms with van der Waals surface area (Å²) < 4.78 is 6.54. The predicted octanol–water partition coefficient (Wildman–Crippen LogP) is 1.99. The third-order valence-electron chi connectivity index (χ3n) is 2.83. The number of hydrogen-bond donors (Lipinski definition) is 1. The van der Waals surface area contributed by atoms with Crippen LogP contribution in [0.25, 0.3) is 5.69 Å². The Morgan fingerprint density at radius 3 is 2.90 bits per heavy atom. The monoisotopic (exact) mass is 289 g/mol. The highest BCUT2D eigenvalue weighted by Gasteiger charge is 2.14. The van der Waals surface area contributed by atoms with E-state index in [2.05, 4.69) is 5.10 Å². The van der Waals surface area contributed by atoms with Crippen molar-refractivity contribution in [3.63, 3.8) is 0 Å². The molecular formula is C14H15N3O2S. The minimum atomic E-state index is -0.399. The standard InChI is InChI=1S/C14H15N3O2S/c1-3-19-14(18)10-7-16-17(8-10)12-9(2)5-4-6-11(12)13(15)20/h4-8H,3H2,1-2H3,(H2,15,20). The number of benzene rings is 1. The first-order valence-corrected chi connectivity index (χ1v) is 6.57. The zero-order valence-electron chi connectivity index (χ0n) is 11.3. The first-order chi connectivity index (χ1) is 9.54. The lowest BCUT2D eigenvalue weighted by Gasteiger charge is -2.11. The van der Waals surface area contributed by atoms with Crippen molar-refractivity contribution in [3.05, 3.63) is 47.3 Å². The summed E-state index contributed by atoms with van der Waals surface area (Å²) in [6.45, 7) is 4.02. The lowest BCUT2D eigenvalue weighted by molar-refractivity contribution is 0.0526. The molecule has 6 heteroatoms. The first kappa shape index (κ1) is 14.2. The number of para-hydroxylation sites is 1. The van der Waals surface area contributed by atoms with Gasteiger partial charge in [-0.3, -0.25) is 0 Å². The Bertz CT molecular complexity index is 664. The fourth-order valence-electron chi connectivity index (χ4n) is 1.93. The van der Waals surface area contributed by atoms with Gasteiger partial charge in [-0.15, -0.1) is 0 Å². The van der Waals surface area contributed by atoms with Crippen LogP contribution >= 0.6 is 12.2 Å². The smallest absolute Gasteiger partial charge is 0.341 e. The molecule has 2 N–H and O–H groups in total. The molecule has 5 nitrogen and oxygen atoms in total. The number of thiocarbonyl (C=S) groups is 1. The van der Waals surface area contributed by atoms with E-state index in [9.17, 15) is 4.79 Å². The molecule has 0 radical (unpaired) electrons. The van der Waals surface area contributed by atoms with Crippen LogP contribution < -0.4 is 5.73 Å². The maximum atomic E-state index is 11.7. The van der Waals surface area contributed by atoms with Gasteiger partial charge in [0.15, 0.2) is 0 Å². The molecule has 0 saturated heterocycles. The quantitative estimate of drug-likeness (QED) is 0.688. The highest BCUT2D eigenvalue weighted by molar-refractivity contribution is 7.80. The SMILES string of the molecule is CCOC(=O)c1cnn(-c2c(C)cccc2C(N)=S)c1. The van der Waals surface area contributed by atoms with Crippen LogP contribution in [-0.4, -0.2) is 27.3 Å². The van der Waals surface area contributed by atoms with E-state index < -0.39 is 5.97 Å². The van der Waals surface area contributed by atoms with Crippen LogP contribution in [-0.2, 0) is 4.74 Å². The van der Waals surface area contributed by atoms with Gasteiger partial charge in [-0.1, -0.05) is 24.4 Å². The Morgan fingerprint density at radius 2 is 2.25 bits per heavy atom. The minimum absolute atomic E-state index is 0.289. The number of nitrogens with two attached hydrogens (primary N) is 1. The zero-order chi connectivity index (χ0) is 14.7. The largest absolute Gasteiger partial charge is 0.462 e. The molecule has 0 atom stereocenters. The van der Waals surface area contributed by atoms with Gasteiger partial charge in [-0.05, 0) is 25.5 Å². The van der Waals surface area contributed by atoms with Crippen molar-refractivity contribution < 1.29 is 9.53 Å². The van der Waals surface area contributed by atoms with Gasteiger partial charge >= 0.3 is 5.97 Å². The molecule has 0 unspecified atom stereocenters. The van der Waals surface area contributed by atoms with E-state index in [0.717, 1.165) is 16.8 Å². The number of carbonyl (C=O) groups excluding carboxylic acids is 1. The zero-order valence-corrected chi connectivity index (χ0v) is 12.1. The molecule has 2 aromatic rings. The highest BCUT2D eigenvalue weighted by atomic mass is 32.1. The molecule has 0 aliphatic rings. The molecule has 0 aliphatic carbocycles. The van der Waals surface area contributed by atoms with Crippen molar-refractivity contribution in [1.82, 2.24) is 9.78 Å². The maximum Gasteiger partial charge on any atom is 0.341 e. The van der Waals surface area contributed by atoms with Crippen LogP contribution in [0.5, 0.6) is 0 Å². The lowest BCUT2D eigenvalue weighted by atomic mass is 10.1. The number of aromatic nitrogens is 2. The topological polar surface area (TPSA) is 70.1 Å². The van der Waals surface area contributed by atoms with Crippen LogP contribution in [0.4, 0.5) is 0 Å². The molecule has 20 heavy (non-hydrogen) atoms. The number of carbonyl (C=O) groups is 1. The summed E-state index contributed by atoms with van der Waals surface area (Å²) in [4.78, 5) is 12.0. The van der Waals surface area contributed by atoms with Crippen molar-refractivity contribution in [2.24, 2.45) is 5.73 Å². The van der Waals surface area contributed by atoms with Gasteiger partial charge in [0.1, 0.15) is 4.99 Å². The number of rotatable bonds is 4. The van der Waals surface area contributed by atoms with Gasteiger partial charge in [-0.2, -0.15) is 5.10 Å². The molecule has 0 spiro atoms. The second-order valence-corrected chi connectivity index (χ2v) is 4.67. The fourth-order valence-corrected chi connectivity index (χ4v) is 2.09. The van der Waals surface area contributed by atoms with E-state index in [1.54, 1.807) is 17.8 Å². The van der Waals surface area contributed by atoms with Gasteiger partial charge in [0.25, 0.3) is 0 Å². The van der Waals surface area contributed by atoms with Crippen molar-refractivity contribution in [3.8, 4) is 5.69 Å².